The Labute approximate surface area is 130 Å². The maximum Gasteiger partial charge on any atom is 0.239 e. The zero-order chi connectivity index (χ0) is 14.5. The fourth-order valence-corrected chi connectivity index (χ4v) is 2.81. The number of likely N-dealkylation sites (N-methyl/N-ethyl adjacent to an activating group) is 1. The monoisotopic (exact) mass is 314 g/mol. The molecule has 1 aromatic rings. The minimum atomic E-state index is -0.0357. The van der Waals surface area contributed by atoms with Gasteiger partial charge in [0.1, 0.15) is 0 Å². The summed E-state index contributed by atoms with van der Waals surface area (Å²) in [4.78, 5) is 14.4. The molecule has 1 aliphatic rings. The molecular weight excluding hydrogens is 295 g/mol. The van der Waals surface area contributed by atoms with Crippen molar-refractivity contribution in [3.63, 3.8) is 0 Å². The summed E-state index contributed by atoms with van der Waals surface area (Å²) in [5, 5.41) is 4.37. The van der Waals surface area contributed by atoms with Crippen LogP contribution in [0.1, 0.15) is 31.7 Å². The number of rotatable bonds is 4. The lowest BCUT2D eigenvalue weighted by molar-refractivity contribution is -0.134. The molecule has 1 heterocycles. The molecule has 1 aliphatic heterocycles. The van der Waals surface area contributed by atoms with Crippen molar-refractivity contribution in [3.05, 3.63) is 33.8 Å². The normalized spacial score (nSPS) is 18.9. The van der Waals surface area contributed by atoms with Crippen LogP contribution in [0.3, 0.4) is 0 Å². The predicted molar refractivity (Wildman–Crippen MR) is 83.2 cm³/mol. The number of nitrogens with zero attached hydrogens (tertiary/aromatic N) is 1. The number of piperidine rings is 1. The van der Waals surface area contributed by atoms with E-state index < -0.39 is 0 Å². The Morgan fingerprint density at radius 1 is 1.35 bits per heavy atom. The summed E-state index contributed by atoms with van der Waals surface area (Å²) in [5.41, 5.74) is 1.01. The molecule has 1 aromatic carbocycles. The van der Waals surface area contributed by atoms with E-state index in [4.69, 9.17) is 23.2 Å². The molecule has 0 aliphatic carbocycles. The quantitative estimate of drug-likeness (QED) is 0.922. The maximum atomic E-state index is 12.5. The number of benzene rings is 1. The van der Waals surface area contributed by atoms with Crippen molar-refractivity contribution in [2.75, 3.05) is 13.1 Å². The van der Waals surface area contributed by atoms with Crippen molar-refractivity contribution in [2.24, 2.45) is 0 Å². The van der Waals surface area contributed by atoms with Gasteiger partial charge in [0.25, 0.3) is 0 Å². The fraction of sp³-hybridized carbons (Fsp3) is 0.533. The molecule has 0 aromatic heterocycles. The van der Waals surface area contributed by atoms with Crippen LogP contribution in [0.2, 0.25) is 10.0 Å². The van der Waals surface area contributed by atoms with E-state index >= 15 is 0 Å². The molecule has 20 heavy (non-hydrogen) atoms. The Morgan fingerprint density at radius 2 is 2.15 bits per heavy atom. The summed E-state index contributed by atoms with van der Waals surface area (Å²) in [7, 11) is 0. The second-order valence-electron chi connectivity index (χ2n) is 5.10. The summed E-state index contributed by atoms with van der Waals surface area (Å²) >= 11 is 11.9. The molecule has 1 amide bonds. The Kier molecular flexibility index (Phi) is 5.70. The molecule has 0 bridgehead atoms. The van der Waals surface area contributed by atoms with Crippen LogP contribution in [0, 0.1) is 0 Å². The molecule has 1 atom stereocenters. The van der Waals surface area contributed by atoms with Gasteiger partial charge in [0.15, 0.2) is 0 Å². The van der Waals surface area contributed by atoms with E-state index in [0.29, 0.717) is 23.1 Å². The van der Waals surface area contributed by atoms with Gasteiger partial charge in [0, 0.05) is 13.1 Å². The maximum absolute atomic E-state index is 12.5. The topological polar surface area (TPSA) is 32.3 Å². The van der Waals surface area contributed by atoms with Crippen molar-refractivity contribution < 1.29 is 4.79 Å². The molecule has 0 saturated carbocycles. The average molecular weight is 315 g/mol. The number of hydrogen-bond acceptors (Lipinski definition) is 2. The third-order valence-electron chi connectivity index (χ3n) is 3.66. The van der Waals surface area contributed by atoms with Crippen LogP contribution >= 0.6 is 23.2 Å². The lowest BCUT2D eigenvalue weighted by Gasteiger charge is -2.29. The average Bonchev–Trinajstić information content (AvgIpc) is 2.48. The zero-order valence-electron chi connectivity index (χ0n) is 11.7. The largest absolute Gasteiger partial charge is 0.337 e. The van der Waals surface area contributed by atoms with Gasteiger partial charge < -0.3 is 10.2 Å². The van der Waals surface area contributed by atoms with E-state index in [2.05, 4.69) is 5.32 Å². The highest BCUT2D eigenvalue weighted by molar-refractivity contribution is 6.42. The Bertz CT molecular complexity index is 473. The second kappa shape index (κ2) is 7.30. The second-order valence-corrected chi connectivity index (χ2v) is 5.92. The number of carbonyl (C=O) groups excluding carboxylic acids is 1. The highest BCUT2D eigenvalue weighted by Gasteiger charge is 2.24. The summed E-state index contributed by atoms with van der Waals surface area (Å²) in [5.74, 6) is 0.179. The summed E-state index contributed by atoms with van der Waals surface area (Å²) in [6.45, 7) is 4.20. The van der Waals surface area contributed by atoms with E-state index in [9.17, 15) is 4.79 Å². The van der Waals surface area contributed by atoms with E-state index in [0.717, 1.165) is 31.4 Å². The lowest BCUT2D eigenvalue weighted by Crippen LogP contribution is -2.48. The lowest BCUT2D eigenvalue weighted by atomic mass is 10.0. The summed E-state index contributed by atoms with van der Waals surface area (Å²) in [6.07, 6.45) is 3.20. The smallest absolute Gasteiger partial charge is 0.239 e. The first kappa shape index (κ1) is 15.6. The number of amides is 1. The number of halogens is 2. The fourth-order valence-electron chi connectivity index (χ4n) is 2.49. The van der Waals surface area contributed by atoms with Crippen LogP contribution in [-0.2, 0) is 11.3 Å². The van der Waals surface area contributed by atoms with Crippen LogP contribution in [-0.4, -0.2) is 29.9 Å². The summed E-state index contributed by atoms with van der Waals surface area (Å²) in [6, 6.07) is 5.48. The minimum absolute atomic E-state index is 0.0357. The van der Waals surface area contributed by atoms with E-state index in [1.54, 1.807) is 6.07 Å². The minimum Gasteiger partial charge on any atom is -0.337 e. The van der Waals surface area contributed by atoms with Gasteiger partial charge in [0.2, 0.25) is 5.91 Å². The van der Waals surface area contributed by atoms with E-state index in [1.165, 1.54) is 0 Å². The van der Waals surface area contributed by atoms with E-state index in [1.807, 2.05) is 24.0 Å². The molecule has 1 saturated heterocycles. The number of carbonyl (C=O) groups is 1. The van der Waals surface area contributed by atoms with Gasteiger partial charge in [-0.1, -0.05) is 35.7 Å². The highest BCUT2D eigenvalue weighted by Crippen LogP contribution is 2.23. The van der Waals surface area contributed by atoms with Crippen molar-refractivity contribution >= 4 is 29.1 Å². The first-order chi connectivity index (χ1) is 9.61. The Morgan fingerprint density at radius 3 is 2.75 bits per heavy atom. The molecule has 2 rings (SSSR count). The first-order valence-corrected chi connectivity index (χ1v) is 7.83. The Balaban J connectivity index is 2.03. The molecule has 0 spiro atoms. The van der Waals surface area contributed by atoms with Gasteiger partial charge in [-0.3, -0.25) is 4.79 Å². The van der Waals surface area contributed by atoms with Crippen LogP contribution in [0.4, 0.5) is 0 Å². The first-order valence-electron chi connectivity index (χ1n) is 7.08. The third-order valence-corrected chi connectivity index (χ3v) is 4.40. The van der Waals surface area contributed by atoms with Crippen LogP contribution in [0.15, 0.2) is 18.2 Å². The van der Waals surface area contributed by atoms with Crippen molar-refractivity contribution in [1.29, 1.82) is 0 Å². The molecule has 110 valence electrons. The van der Waals surface area contributed by atoms with Crippen LogP contribution in [0.25, 0.3) is 0 Å². The summed E-state index contributed by atoms with van der Waals surface area (Å²) < 4.78 is 0. The Hall–Kier alpha value is -0.770. The molecule has 1 fully saturated rings. The third kappa shape index (κ3) is 3.87. The van der Waals surface area contributed by atoms with Crippen LogP contribution in [0.5, 0.6) is 0 Å². The standard InChI is InChI=1S/C15H20Cl2N2O/c1-2-19(15(20)14-5-3-4-8-18-14)10-11-6-7-12(16)13(17)9-11/h6-7,9,14,18H,2-5,8,10H2,1H3/t14-/m1/s1. The van der Waals surface area contributed by atoms with Crippen LogP contribution < -0.4 is 5.32 Å². The zero-order valence-corrected chi connectivity index (χ0v) is 13.2. The van der Waals surface area contributed by atoms with Crippen molar-refractivity contribution in [1.82, 2.24) is 10.2 Å². The predicted octanol–water partition coefficient (Wildman–Crippen LogP) is 3.48. The molecule has 3 nitrogen and oxygen atoms in total. The van der Waals surface area contributed by atoms with Crippen molar-refractivity contribution in [2.45, 2.75) is 38.8 Å². The molecule has 0 unspecified atom stereocenters. The van der Waals surface area contributed by atoms with E-state index in [-0.39, 0.29) is 11.9 Å². The molecule has 5 heteroatoms. The van der Waals surface area contributed by atoms with Gasteiger partial charge in [0.05, 0.1) is 16.1 Å². The van der Waals surface area contributed by atoms with Gasteiger partial charge in [-0.25, -0.2) is 0 Å². The van der Waals surface area contributed by atoms with Crippen molar-refractivity contribution in [3.8, 4) is 0 Å². The number of hydrogen-bond donors (Lipinski definition) is 1. The SMILES string of the molecule is CCN(Cc1ccc(Cl)c(Cl)c1)C(=O)[C@H]1CCCCN1. The molecule has 1 N–H and O–H groups in total. The van der Waals surface area contributed by atoms with Gasteiger partial charge >= 0.3 is 0 Å². The number of nitrogens with one attached hydrogen (secondary N) is 1. The van der Waals surface area contributed by atoms with Gasteiger partial charge in [-0.05, 0) is 44.0 Å². The molecule has 0 radical (unpaired) electrons. The molecular formula is C15H20Cl2N2O. The van der Waals surface area contributed by atoms with Gasteiger partial charge in [-0.15, -0.1) is 0 Å². The van der Waals surface area contributed by atoms with Gasteiger partial charge in [-0.2, -0.15) is 0 Å². The highest BCUT2D eigenvalue weighted by atomic mass is 35.5.